The molecule has 0 atom stereocenters. The van der Waals surface area contributed by atoms with Gasteiger partial charge in [0.15, 0.2) is 5.11 Å². The highest BCUT2D eigenvalue weighted by Gasteiger charge is 2.24. The van der Waals surface area contributed by atoms with Gasteiger partial charge in [0, 0.05) is 11.2 Å². The third-order valence-corrected chi connectivity index (χ3v) is 3.31. The zero-order valence-electron chi connectivity index (χ0n) is 9.50. The van der Waals surface area contributed by atoms with E-state index in [1.165, 1.54) is 0 Å². The second-order valence-corrected chi connectivity index (χ2v) is 5.66. The van der Waals surface area contributed by atoms with Crippen LogP contribution in [-0.4, -0.2) is 10.7 Å². The quantitative estimate of drug-likeness (QED) is 0.786. The van der Waals surface area contributed by atoms with Crippen molar-refractivity contribution in [2.24, 2.45) is 0 Å². The average molecular weight is 287 g/mol. The van der Waals surface area contributed by atoms with E-state index < -0.39 is 0 Å². The third-order valence-electron chi connectivity index (χ3n) is 2.46. The molecule has 1 aromatic carbocycles. The van der Waals surface area contributed by atoms with Crippen molar-refractivity contribution in [3.63, 3.8) is 0 Å². The van der Waals surface area contributed by atoms with Crippen LogP contribution in [0.5, 0.6) is 0 Å². The summed E-state index contributed by atoms with van der Waals surface area (Å²) in [6, 6.07) is 5.30. The van der Waals surface area contributed by atoms with Gasteiger partial charge in [-0.2, -0.15) is 0 Å². The lowest BCUT2D eigenvalue weighted by molar-refractivity contribution is 0.566. The summed E-state index contributed by atoms with van der Waals surface area (Å²) < 4.78 is 0. The first-order valence-corrected chi connectivity index (χ1v) is 6.31. The Kier molecular flexibility index (Phi) is 3.34. The van der Waals surface area contributed by atoms with E-state index in [0.29, 0.717) is 15.2 Å². The van der Waals surface area contributed by atoms with Crippen LogP contribution >= 0.6 is 35.4 Å². The van der Waals surface area contributed by atoms with E-state index in [2.05, 4.69) is 5.32 Å². The number of thiocarbonyl (C=S) groups is 1. The Morgan fingerprint density at radius 2 is 2.00 bits per heavy atom. The van der Waals surface area contributed by atoms with Gasteiger partial charge in [0.25, 0.3) is 0 Å². The Balaban J connectivity index is 2.41. The Hall–Kier alpha value is -0.770. The van der Waals surface area contributed by atoms with Gasteiger partial charge >= 0.3 is 0 Å². The zero-order chi connectivity index (χ0) is 12.6. The van der Waals surface area contributed by atoms with E-state index >= 15 is 0 Å². The first-order valence-electron chi connectivity index (χ1n) is 5.15. The number of hydrogen-bond acceptors (Lipinski definition) is 1. The number of nitrogens with one attached hydrogen (secondary N) is 1. The minimum absolute atomic E-state index is 0.140. The van der Waals surface area contributed by atoms with Crippen LogP contribution in [0.1, 0.15) is 13.8 Å². The maximum absolute atomic E-state index is 6.14. The van der Waals surface area contributed by atoms with Gasteiger partial charge in [-0.15, -0.1) is 0 Å². The molecule has 17 heavy (non-hydrogen) atoms. The molecule has 0 aromatic heterocycles. The Morgan fingerprint density at radius 1 is 1.29 bits per heavy atom. The van der Waals surface area contributed by atoms with Crippen molar-refractivity contribution in [3.8, 4) is 0 Å². The summed E-state index contributed by atoms with van der Waals surface area (Å²) in [5, 5.41) is 5.08. The third kappa shape index (κ3) is 2.73. The Bertz CT molecular complexity index is 497. The molecule has 0 unspecified atom stereocenters. The normalized spacial score (nSPS) is 18.1. The lowest BCUT2D eigenvalue weighted by Gasteiger charge is -2.35. The van der Waals surface area contributed by atoms with Crippen LogP contribution in [-0.2, 0) is 0 Å². The van der Waals surface area contributed by atoms with Crippen molar-refractivity contribution in [3.05, 3.63) is 40.5 Å². The monoisotopic (exact) mass is 286 g/mol. The lowest BCUT2D eigenvalue weighted by atomic mass is 10.0. The predicted molar refractivity (Wildman–Crippen MR) is 77.9 cm³/mol. The van der Waals surface area contributed by atoms with Gasteiger partial charge in [0.05, 0.1) is 16.2 Å². The summed E-state index contributed by atoms with van der Waals surface area (Å²) in [6.07, 6.45) is 3.94. The number of halogens is 2. The fraction of sp³-hybridized carbons (Fsp3) is 0.250. The maximum atomic E-state index is 6.14. The molecule has 0 bridgehead atoms. The fourth-order valence-electron chi connectivity index (χ4n) is 1.57. The topological polar surface area (TPSA) is 15.3 Å². The standard InChI is InChI=1S/C12H12Cl2N2S/c1-12(2)5-6-16(11(17)15-12)10-7-8(13)3-4-9(10)14/h3-7H,1-2H3,(H,15,17). The summed E-state index contributed by atoms with van der Waals surface area (Å²) in [5.41, 5.74) is 0.641. The molecule has 0 saturated carbocycles. The summed E-state index contributed by atoms with van der Waals surface area (Å²) >= 11 is 17.4. The molecule has 1 N–H and O–H groups in total. The molecule has 1 aliphatic heterocycles. The van der Waals surface area contributed by atoms with Gasteiger partial charge in [0.1, 0.15) is 0 Å². The van der Waals surface area contributed by atoms with E-state index in [0.717, 1.165) is 5.69 Å². The van der Waals surface area contributed by atoms with Crippen molar-refractivity contribution in [1.82, 2.24) is 5.32 Å². The van der Waals surface area contributed by atoms with E-state index in [1.807, 2.05) is 31.0 Å². The van der Waals surface area contributed by atoms with Crippen molar-refractivity contribution in [1.29, 1.82) is 0 Å². The molecule has 5 heteroatoms. The molecule has 0 fully saturated rings. The number of rotatable bonds is 1. The molecule has 0 aliphatic carbocycles. The van der Waals surface area contributed by atoms with Crippen molar-refractivity contribution in [2.75, 3.05) is 4.90 Å². The molecule has 1 aliphatic rings. The van der Waals surface area contributed by atoms with Gasteiger partial charge in [-0.3, -0.25) is 4.90 Å². The van der Waals surface area contributed by atoms with Crippen molar-refractivity contribution < 1.29 is 0 Å². The van der Waals surface area contributed by atoms with E-state index in [9.17, 15) is 0 Å². The SMILES string of the molecule is CC1(C)C=CN(c2cc(Cl)ccc2Cl)C(=S)N1. The average Bonchev–Trinajstić information content (AvgIpc) is 2.21. The van der Waals surface area contributed by atoms with Gasteiger partial charge < -0.3 is 5.32 Å². The van der Waals surface area contributed by atoms with Crippen molar-refractivity contribution in [2.45, 2.75) is 19.4 Å². The highest BCUT2D eigenvalue weighted by Crippen LogP contribution is 2.31. The molecule has 0 amide bonds. The van der Waals surface area contributed by atoms with Gasteiger partial charge in [-0.1, -0.05) is 23.2 Å². The molecule has 2 rings (SSSR count). The molecule has 2 nitrogen and oxygen atoms in total. The first-order chi connectivity index (χ1) is 7.89. The molecule has 1 aromatic rings. The maximum Gasteiger partial charge on any atom is 0.178 e. The van der Waals surface area contributed by atoms with Crippen LogP contribution in [0.25, 0.3) is 0 Å². The minimum atomic E-state index is -0.140. The van der Waals surface area contributed by atoms with Gasteiger partial charge in [-0.25, -0.2) is 0 Å². The van der Waals surface area contributed by atoms with E-state index in [4.69, 9.17) is 35.4 Å². The number of hydrogen-bond donors (Lipinski definition) is 1. The van der Waals surface area contributed by atoms with Gasteiger partial charge in [0.2, 0.25) is 0 Å². The zero-order valence-corrected chi connectivity index (χ0v) is 11.8. The number of anilines is 1. The highest BCUT2D eigenvalue weighted by atomic mass is 35.5. The second kappa shape index (κ2) is 4.48. The van der Waals surface area contributed by atoms with Crippen LogP contribution in [0.2, 0.25) is 10.0 Å². The van der Waals surface area contributed by atoms with E-state index in [1.54, 1.807) is 18.2 Å². The van der Waals surface area contributed by atoms with E-state index in [-0.39, 0.29) is 5.54 Å². The Labute approximate surface area is 116 Å². The molecule has 0 radical (unpaired) electrons. The summed E-state index contributed by atoms with van der Waals surface area (Å²) in [5.74, 6) is 0. The lowest BCUT2D eigenvalue weighted by Crippen LogP contribution is -2.51. The summed E-state index contributed by atoms with van der Waals surface area (Å²) in [7, 11) is 0. The first kappa shape index (κ1) is 12.7. The Morgan fingerprint density at radius 3 is 2.65 bits per heavy atom. The van der Waals surface area contributed by atoms with Crippen LogP contribution < -0.4 is 10.2 Å². The minimum Gasteiger partial charge on any atom is -0.354 e. The molecule has 0 spiro atoms. The fourth-order valence-corrected chi connectivity index (χ4v) is 2.36. The summed E-state index contributed by atoms with van der Waals surface area (Å²) in [6.45, 7) is 4.10. The summed E-state index contributed by atoms with van der Waals surface area (Å²) in [4.78, 5) is 1.81. The molecule has 90 valence electrons. The second-order valence-electron chi connectivity index (χ2n) is 4.43. The molecular formula is C12H12Cl2N2S. The smallest absolute Gasteiger partial charge is 0.178 e. The van der Waals surface area contributed by atoms with Crippen LogP contribution in [0.15, 0.2) is 30.5 Å². The van der Waals surface area contributed by atoms with Gasteiger partial charge in [-0.05, 0) is 50.3 Å². The van der Waals surface area contributed by atoms with Crippen LogP contribution in [0.4, 0.5) is 5.69 Å². The highest BCUT2D eigenvalue weighted by molar-refractivity contribution is 7.80. The number of benzene rings is 1. The van der Waals surface area contributed by atoms with Crippen LogP contribution in [0, 0.1) is 0 Å². The molecule has 1 heterocycles. The predicted octanol–water partition coefficient (Wildman–Crippen LogP) is 3.98. The molecule has 0 saturated heterocycles. The number of nitrogens with zero attached hydrogens (tertiary/aromatic N) is 1. The van der Waals surface area contributed by atoms with Crippen LogP contribution in [0.3, 0.4) is 0 Å². The largest absolute Gasteiger partial charge is 0.354 e. The molecular weight excluding hydrogens is 275 g/mol. The van der Waals surface area contributed by atoms with Crippen molar-refractivity contribution >= 4 is 46.2 Å².